The lowest BCUT2D eigenvalue weighted by molar-refractivity contribution is -0.127. The molecule has 1 aromatic heterocycles. The van der Waals surface area contributed by atoms with Crippen molar-refractivity contribution in [3.8, 4) is 5.75 Å². The van der Waals surface area contributed by atoms with Crippen LogP contribution in [-0.4, -0.2) is 42.5 Å². The van der Waals surface area contributed by atoms with E-state index in [4.69, 9.17) is 9.15 Å². The van der Waals surface area contributed by atoms with Gasteiger partial charge in [-0.25, -0.2) is 0 Å². The zero-order chi connectivity index (χ0) is 19.2. The number of aryl methyl sites for hydroxylation is 1. The topological polar surface area (TPSA) is 71.8 Å². The van der Waals surface area contributed by atoms with Crippen molar-refractivity contribution in [3.05, 3.63) is 54.0 Å². The molecule has 0 spiro atoms. The van der Waals surface area contributed by atoms with Crippen molar-refractivity contribution in [2.45, 2.75) is 32.7 Å². The molecule has 1 atom stereocenters. The molecule has 6 nitrogen and oxygen atoms in total. The van der Waals surface area contributed by atoms with Crippen LogP contribution >= 0.6 is 0 Å². The zero-order valence-electron chi connectivity index (χ0n) is 15.8. The molecule has 1 unspecified atom stereocenters. The maximum atomic E-state index is 12.5. The third kappa shape index (κ3) is 5.12. The third-order valence-corrected chi connectivity index (χ3v) is 4.80. The molecule has 0 aliphatic carbocycles. The Labute approximate surface area is 159 Å². The fraction of sp³-hybridized carbons (Fsp3) is 0.429. The first-order valence-electron chi connectivity index (χ1n) is 9.34. The minimum atomic E-state index is -0.0800. The molecule has 3 rings (SSSR count). The minimum Gasteiger partial charge on any atom is -0.491 e. The lowest BCUT2D eigenvalue weighted by Gasteiger charge is -2.31. The SMILES string of the molecule is Cc1cccc(OCC(C)NC(=O)C2CCN(C(=O)c3ccoc3)CC2)c1. The summed E-state index contributed by atoms with van der Waals surface area (Å²) < 4.78 is 10.7. The van der Waals surface area contributed by atoms with Crippen molar-refractivity contribution in [3.63, 3.8) is 0 Å². The number of ether oxygens (including phenoxy) is 1. The summed E-state index contributed by atoms with van der Waals surface area (Å²) in [6, 6.07) is 9.43. The van der Waals surface area contributed by atoms with Gasteiger partial charge < -0.3 is 19.4 Å². The molecule has 1 fully saturated rings. The average molecular weight is 370 g/mol. The first-order chi connectivity index (χ1) is 13.0. The van der Waals surface area contributed by atoms with Gasteiger partial charge in [0, 0.05) is 19.0 Å². The van der Waals surface area contributed by atoms with Gasteiger partial charge >= 0.3 is 0 Å². The van der Waals surface area contributed by atoms with E-state index in [9.17, 15) is 9.59 Å². The molecular weight excluding hydrogens is 344 g/mol. The molecule has 1 aromatic carbocycles. The number of furan rings is 1. The molecule has 27 heavy (non-hydrogen) atoms. The summed E-state index contributed by atoms with van der Waals surface area (Å²) in [5.74, 6) is 0.732. The van der Waals surface area contributed by atoms with Crippen LogP contribution in [0.25, 0.3) is 0 Å². The molecule has 2 aromatic rings. The number of likely N-dealkylation sites (tertiary alicyclic amines) is 1. The van der Waals surface area contributed by atoms with Crippen LogP contribution in [0.3, 0.4) is 0 Å². The lowest BCUT2D eigenvalue weighted by Crippen LogP contribution is -2.45. The Bertz CT molecular complexity index is 764. The van der Waals surface area contributed by atoms with Crippen LogP contribution in [0.1, 0.15) is 35.7 Å². The number of hydrogen-bond donors (Lipinski definition) is 1. The van der Waals surface area contributed by atoms with Crippen LogP contribution in [-0.2, 0) is 4.79 Å². The number of piperidine rings is 1. The van der Waals surface area contributed by atoms with E-state index >= 15 is 0 Å². The Hall–Kier alpha value is -2.76. The van der Waals surface area contributed by atoms with Gasteiger partial charge in [-0.05, 0) is 50.5 Å². The van der Waals surface area contributed by atoms with Gasteiger partial charge in [-0.2, -0.15) is 0 Å². The van der Waals surface area contributed by atoms with Crippen molar-refractivity contribution in [1.82, 2.24) is 10.2 Å². The number of carbonyl (C=O) groups is 2. The summed E-state index contributed by atoms with van der Waals surface area (Å²) in [5.41, 5.74) is 1.70. The summed E-state index contributed by atoms with van der Waals surface area (Å²) >= 11 is 0. The van der Waals surface area contributed by atoms with Crippen LogP contribution < -0.4 is 10.1 Å². The zero-order valence-corrected chi connectivity index (χ0v) is 15.8. The van der Waals surface area contributed by atoms with E-state index in [-0.39, 0.29) is 23.8 Å². The summed E-state index contributed by atoms with van der Waals surface area (Å²) in [6.07, 6.45) is 4.28. The first-order valence-corrected chi connectivity index (χ1v) is 9.34. The van der Waals surface area contributed by atoms with Crippen LogP contribution in [0.15, 0.2) is 47.3 Å². The van der Waals surface area contributed by atoms with Crippen molar-refractivity contribution in [2.24, 2.45) is 5.92 Å². The smallest absolute Gasteiger partial charge is 0.257 e. The molecule has 6 heteroatoms. The van der Waals surface area contributed by atoms with E-state index in [2.05, 4.69) is 5.32 Å². The van der Waals surface area contributed by atoms with Crippen molar-refractivity contribution >= 4 is 11.8 Å². The molecular formula is C21H26N2O4. The first kappa shape index (κ1) is 19.0. The highest BCUT2D eigenvalue weighted by Crippen LogP contribution is 2.20. The highest BCUT2D eigenvalue weighted by atomic mass is 16.5. The van der Waals surface area contributed by atoms with Crippen LogP contribution in [0.5, 0.6) is 5.75 Å². The van der Waals surface area contributed by atoms with Gasteiger partial charge in [0.05, 0.1) is 17.9 Å². The van der Waals surface area contributed by atoms with Gasteiger partial charge in [-0.1, -0.05) is 12.1 Å². The van der Waals surface area contributed by atoms with Crippen molar-refractivity contribution in [2.75, 3.05) is 19.7 Å². The quantitative estimate of drug-likeness (QED) is 0.848. The number of amides is 2. The van der Waals surface area contributed by atoms with Gasteiger partial charge in [0.1, 0.15) is 18.6 Å². The van der Waals surface area contributed by atoms with Crippen LogP contribution in [0.4, 0.5) is 0 Å². The van der Waals surface area contributed by atoms with E-state index < -0.39 is 0 Å². The molecule has 1 aliphatic heterocycles. The second kappa shape index (κ2) is 8.75. The fourth-order valence-corrected chi connectivity index (χ4v) is 3.24. The number of rotatable bonds is 6. The highest BCUT2D eigenvalue weighted by molar-refractivity contribution is 5.94. The van der Waals surface area contributed by atoms with Gasteiger partial charge in [0.15, 0.2) is 0 Å². The Kier molecular flexibility index (Phi) is 6.16. The van der Waals surface area contributed by atoms with E-state index in [1.807, 2.05) is 38.1 Å². The Morgan fingerprint density at radius 1 is 1.30 bits per heavy atom. The Balaban J connectivity index is 1.41. The van der Waals surface area contributed by atoms with Gasteiger partial charge in [-0.15, -0.1) is 0 Å². The number of nitrogens with one attached hydrogen (secondary N) is 1. The Morgan fingerprint density at radius 3 is 2.74 bits per heavy atom. The highest BCUT2D eigenvalue weighted by Gasteiger charge is 2.28. The predicted molar refractivity (Wildman–Crippen MR) is 102 cm³/mol. The molecule has 1 aliphatic rings. The van der Waals surface area contributed by atoms with E-state index in [1.165, 1.54) is 12.5 Å². The fourth-order valence-electron chi connectivity index (χ4n) is 3.24. The number of hydrogen-bond acceptors (Lipinski definition) is 4. The number of carbonyl (C=O) groups excluding carboxylic acids is 2. The number of nitrogens with zero attached hydrogens (tertiary/aromatic N) is 1. The van der Waals surface area contributed by atoms with Crippen LogP contribution in [0, 0.1) is 12.8 Å². The van der Waals surface area contributed by atoms with Gasteiger partial charge in [-0.3, -0.25) is 9.59 Å². The van der Waals surface area contributed by atoms with E-state index in [1.54, 1.807) is 11.0 Å². The monoisotopic (exact) mass is 370 g/mol. The maximum Gasteiger partial charge on any atom is 0.257 e. The predicted octanol–water partition coefficient (Wildman–Crippen LogP) is 3.02. The normalized spacial score (nSPS) is 16.0. The second-order valence-electron chi connectivity index (χ2n) is 7.12. The minimum absolute atomic E-state index is 0.0331. The van der Waals surface area contributed by atoms with E-state index in [0.29, 0.717) is 38.1 Å². The van der Waals surface area contributed by atoms with Crippen LogP contribution in [0.2, 0.25) is 0 Å². The summed E-state index contributed by atoms with van der Waals surface area (Å²) in [7, 11) is 0. The molecule has 1 saturated heterocycles. The van der Waals surface area contributed by atoms with Gasteiger partial charge in [0.2, 0.25) is 5.91 Å². The summed E-state index contributed by atoms with van der Waals surface area (Å²) in [5, 5.41) is 3.02. The lowest BCUT2D eigenvalue weighted by atomic mass is 9.95. The molecule has 0 saturated carbocycles. The molecule has 2 amide bonds. The summed E-state index contributed by atoms with van der Waals surface area (Å²) in [6.45, 7) is 5.53. The molecule has 0 bridgehead atoms. The third-order valence-electron chi connectivity index (χ3n) is 4.80. The maximum absolute atomic E-state index is 12.5. The molecule has 0 radical (unpaired) electrons. The largest absolute Gasteiger partial charge is 0.491 e. The second-order valence-corrected chi connectivity index (χ2v) is 7.12. The van der Waals surface area contributed by atoms with E-state index in [0.717, 1.165) is 11.3 Å². The molecule has 1 N–H and O–H groups in total. The molecule has 144 valence electrons. The van der Waals surface area contributed by atoms with Crippen molar-refractivity contribution < 1.29 is 18.7 Å². The Morgan fingerprint density at radius 2 is 2.07 bits per heavy atom. The standard InChI is InChI=1S/C21H26N2O4/c1-15-4-3-5-19(12-15)27-13-16(2)22-20(24)17-6-9-23(10-7-17)21(25)18-8-11-26-14-18/h3-5,8,11-12,14,16-17H,6-7,9-10,13H2,1-2H3,(H,22,24). The number of benzene rings is 1. The average Bonchev–Trinajstić information content (AvgIpc) is 3.21. The van der Waals surface area contributed by atoms with Gasteiger partial charge in [0.25, 0.3) is 5.91 Å². The van der Waals surface area contributed by atoms with Crippen molar-refractivity contribution in [1.29, 1.82) is 0 Å². The molecule has 2 heterocycles. The summed E-state index contributed by atoms with van der Waals surface area (Å²) in [4.78, 5) is 26.6.